The SMILES string of the molecule is CN(Cc1ccc(-n2cccn2)cc1)C1CCCCC1O. The minimum Gasteiger partial charge on any atom is -0.391 e. The number of nitrogens with zero attached hydrogens (tertiary/aromatic N) is 3. The predicted octanol–water partition coefficient (Wildman–Crippen LogP) is 2.61. The van der Waals surface area contributed by atoms with E-state index in [4.69, 9.17) is 0 Å². The lowest BCUT2D eigenvalue weighted by atomic mass is 9.91. The minimum absolute atomic E-state index is 0.174. The molecule has 0 radical (unpaired) electrons. The molecule has 4 heteroatoms. The van der Waals surface area contributed by atoms with Gasteiger partial charge in [-0.25, -0.2) is 4.68 Å². The molecule has 1 aromatic carbocycles. The third kappa shape index (κ3) is 3.34. The van der Waals surface area contributed by atoms with Gasteiger partial charge >= 0.3 is 0 Å². The van der Waals surface area contributed by atoms with Crippen molar-refractivity contribution < 1.29 is 5.11 Å². The van der Waals surface area contributed by atoms with E-state index < -0.39 is 0 Å². The highest BCUT2D eigenvalue weighted by atomic mass is 16.3. The maximum Gasteiger partial charge on any atom is 0.0695 e. The molecule has 2 unspecified atom stereocenters. The summed E-state index contributed by atoms with van der Waals surface area (Å²) >= 11 is 0. The normalized spacial score (nSPS) is 22.6. The summed E-state index contributed by atoms with van der Waals surface area (Å²) in [6.07, 6.45) is 7.98. The number of aromatic nitrogens is 2. The first-order valence-electron chi connectivity index (χ1n) is 7.71. The van der Waals surface area contributed by atoms with Crippen LogP contribution in [0.25, 0.3) is 5.69 Å². The van der Waals surface area contributed by atoms with Crippen molar-refractivity contribution in [2.24, 2.45) is 0 Å². The largest absolute Gasteiger partial charge is 0.391 e. The van der Waals surface area contributed by atoms with Crippen molar-refractivity contribution in [3.8, 4) is 5.69 Å². The van der Waals surface area contributed by atoms with Crippen LogP contribution in [0.2, 0.25) is 0 Å². The second kappa shape index (κ2) is 6.41. The first-order valence-corrected chi connectivity index (χ1v) is 7.71. The van der Waals surface area contributed by atoms with Gasteiger partial charge in [0.1, 0.15) is 0 Å². The van der Waals surface area contributed by atoms with Crippen molar-refractivity contribution in [1.29, 1.82) is 0 Å². The van der Waals surface area contributed by atoms with Crippen LogP contribution in [0, 0.1) is 0 Å². The van der Waals surface area contributed by atoms with Crippen molar-refractivity contribution in [2.45, 2.75) is 44.4 Å². The van der Waals surface area contributed by atoms with Crippen LogP contribution in [0.5, 0.6) is 0 Å². The van der Waals surface area contributed by atoms with Crippen LogP contribution in [0.3, 0.4) is 0 Å². The van der Waals surface area contributed by atoms with E-state index in [0.717, 1.165) is 31.5 Å². The fraction of sp³-hybridized carbons (Fsp3) is 0.471. The van der Waals surface area contributed by atoms with E-state index in [1.165, 1.54) is 12.0 Å². The molecule has 1 fully saturated rings. The average molecular weight is 285 g/mol. The van der Waals surface area contributed by atoms with Crippen LogP contribution in [-0.2, 0) is 6.54 Å². The fourth-order valence-electron chi connectivity index (χ4n) is 3.19. The Morgan fingerprint density at radius 3 is 2.67 bits per heavy atom. The van der Waals surface area contributed by atoms with Crippen LogP contribution in [0.1, 0.15) is 31.2 Å². The van der Waals surface area contributed by atoms with Crippen molar-refractivity contribution in [3.63, 3.8) is 0 Å². The van der Waals surface area contributed by atoms with Gasteiger partial charge in [0.05, 0.1) is 11.8 Å². The number of aliphatic hydroxyl groups excluding tert-OH is 1. The summed E-state index contributed by atoms with van der Waals surface area (Å²) in [4.78, 5) is 2.28. The summed E-state index contributed by atoms with van der Waals surface area (Å²) in [5.41, 5.74) is 2.34. The molecule has 2 aromatic rings. The molecular weight excluding hydrogens is 262 g/mol. The Balaban J connectivity index is 1.64. The standard InChI is InChI=1S/C17H23N3O/c1-19(16-5-2-3-6-17(16)21)13-14-7-9-15(10-8-14)20-12-4-11-18-20/h4,7-12,16-17,21H,2-3,5-6,13H2,1H3. The summed E-state index contributed by atoms with van der Waals surface area (Å²) < 4.78 is 1.86. The van der Waals surface area contributed by atoms with Gasteiger partial charge in [-0.1, -0.05) is 25.0 Å². The Hall–Kier alpha value is -1.65. The zero-order chi connectivity index (χ0) is 14.7. The number of aliphatic hydroxyl groups is 1. The highest BCUT2D eigenvalue weighted by molar-refractivity contribution is 5.33. The molecule has 1 heterocycles. The molecule has 3 rings (SSSR count). The van der Waals surface area contributed by atoms with Crippen LogP contribution in [0.4, 0.5) is 0 Å². The molecule has 2 atom stereocenters. The molecule has 112 valence electrons. The maximum atomic E-state index is 10.1. The van der Waals surface area contributed by atoms with Crippen LogP contribution >= 0.6 is 0 Å². The monoisotopic (exact) mass is 285 g/mol. The number of rotatable bonds is 4. The van der Waals surface area contributed by atoms with Gasteiger partial charge in [0.25, 0.3) is 0 Å². The summed E-state index contributed by atoms with van der Waals surface area (Å²) in [5.74, 6) is 0. The van der Waals surface area contributed by atoms with Gasteiger partial charge in [-0.2, -0.15) is 5.10 Å². The Bertz CT molecular complexity index is 550. The van der Waals surface area contributed by atoms with Gasteiger partial charge in [-0.15, -0.1) is 0 Å². The van der Waals surface area contributed by atoms with Crippen molar-refractivity contribution in [1.82, 2.24) is 14.7 Å². The number of likely N-dealkylation sites (N-methyl/N-ethyl adjacent to an activating group) is 1. The summed E-state index contributed by atoms with van der Waals surface area (Å²) in [5, 5.41) is 14.4. The lowest BCUT2D eigenvalue weighted by molar-refractivity contribution is 0.0288. The summed E-state index contributed by atoms with van der Waals surface area (Å²) in [7, 11) is 2.11. The van der Waals surface area contributed by atoms with E-state index in [9.17, 15) is 5.11 Å². The predicted molar refractivity (Wildman–Crippen MR) is 83.3 cm³/mol. The molecule has 0 aliphatic heterocycles. The summed E-state index contributed by atoms with van der Waals surface area (Å²) in [6.45, 7) is 0.876. The van der Waals surface area contributed by atoms with Crippen molar-refractivity contribution in [2.75, 3.05) is 7.05 Å². The Labute approximate surface area is 126 Å². The molecule has 0 spiro atoms. The highest BCUT2D eigenvalue weighted by Crippen LogP contribution is 2.23. The lowest BCUT2D eigenvalue weighted by Gasteiger charge is -2.35. The van der Waals surface area contributed by atoms with E-state index in [1.54, 1.807) is 6.20 Å². The first kappa shape index (κ1) is 14.3. The quantitative estimate of drug-likeness (QED) is 0.939. The Kier molecular flexibility index (Phi) is 4.36. The third-order valence-electron chi connectivity index (χ3n) is 4.40. The lowest BCUT2D eigenvalue weighted by Crippen LogP contribution is -2.42. The van der Waals surface area contributed by atoms with Crippen LogP contribution in [-0.4, -0.2) is 39.0 Å². The third-order valence-corrected chi connectivity index (χ3v) is 4.40. The smallest absolute Gasteiger partial charge is 0.0695 e. The van der Waals surface area contributed by atoms with E-state index in [1.807, 2.05) is 16.9 Å². The first-order chi connectivity index (χ1) is 10.2. The molecule has 1 aromatic heterocycles. The Morgan fingerprint density at radius 1 is 1.24 bits per heavy atom. The molecule has 21 heavy (non-hydrogen) atoms. The molecule has 0 bridgehead atoms. The molecule has 4 nitrogen and oxygen atoms in total. The number of hydrogen-bond donors (Lipinski definition) is 1. The van der Waals surface area contributed by atoms with Gasteiger partial charge in [0.15, 0.2) is 0 Å². The molecular formula is C17H23N3O. The zero-order valence-corrected chi connectivity index (χ0v) is 12.5. The molecule has 0 saturated heterocycles. The Morgan fingerprint density at radius 2 is 2.00 bits per heavy atom. The molecule has 1 aliphatic rings. The minimum atomic E-state index is -0.174. The number of benzene rings is 1. The van der Waals surface area contributed by atoms with Gasteiger partial charge < -0.3 is 5.11 Å². The second-order valence-electron chi connectivity index (χ2n) is 5.95. The van der Waals surface area contributed by atoms with Crippen LogP contribution < -0.4 is 0 Å². The topological polar surface area (TPSA) is 41.3 Å². The van der Waals surface area contributed by atoms with Gasteiger partial charge in [0, 0.05) is 25.0 Å². The van der Waals surface area contributed by atoms with Crippen molar-refractivity contribution >= 4 is 0 Å². The zero-order valence-electron chi connectivity index (χ0n) is 12.5. The molecule has 1 N–H and O–H groups in total. The van der Waals surface area contributed by atoms with Gasteiger partial charge in [-0.05, 0) is 43.7 Å². The highest BCUT2D eigenvalue weighted by Gasteiger charge is 2.26. The van der Waals surface area contributed by atoms with E-state index >= 15 is 0 Å². The van der Waals surface area contributed by atoms with Gasteiger partial charge in [-0.3, -0.25) is 4.90 Å². The van der Waals surface area contributed by atoms with Crippen LogP contribution in [0.15, 0.2) is 42.7 Å². The summed E-state index contributed by atoms with van der Waals surface area (Å²) in [6, 6.07) is 10.7. The average Bonchev–Trinajstić information content (AvgIpc) is 3.02. The second-order valence-corrected chi connectivity index (χ2v) is 5.95. The molecule has 0 amide bonds. The maximum absolute atomic E-state index is 10.1. The molecule has 1 aliphatic carbocycles. The van der Waals surface area contributed by atoms with Crippen molar-refractivity contribution in [3.05, 3.63) is 48.3 Å². The van der Waals surface area contributed by atoms with E-state index in [-0.39, 0.29) is 6.10 Å². The van der Waals surface area contributed by atoms with Gasteiger partial charge in [0.2, 0.25) is 0 Å². The number of hydrogen-bond acceptors (Lipinski definition) is 3. The van der Waals surface area contributed by atoms with E-state index in [2.05, 4.69) is 41.3 Å². The van der Waals surface area contributed by atoms with E-state index in [0.29, 0.717) is 6.04 Å². The fourth-order valence-corrected chi connectivity index (χ4v) is 3.19. The molecule has 1 saturated carbocycles.